The monoisotopic (exact) mass is 283 g/mol. The highest BCUT2D eigenvalue weighted by atomic mass is 19.1. The van der Waals surface area contributed by atoms with Gasteiger partial charge in [0.1, 0.15) is 17.4 Å². The summed E-state index contributed by atoms with van der Waals surface area (Å²) in [7, 11) is 0. The normalized spacial score (nSPS) is 16.3. The quantitative estimate of drug-likeness (QED) is 0.804. The summed E-state index contributed by atoms with van der Waals surface area (Å²) in [6, 6.07) is 12.0. The van der Waals surface area contributed by atoms with Gasteiger partial charge in [-0.05, 0) is 48.2 Å². The largest absolute Gasteiger partial charge is 0.384 e. The van der Waals surface area contributed by atoms with Gasteiger partial charge in [-0.15, -0.1) is 5.10 Å². The lowest BCUT2D eigenvalue weighted by Gasteiger charge is -2.11. The van der Waals surface area contributed by atoms with Crippen molar-refractivity contribution in [3.05, 3.63) is 59.4 Å². The number of nitrogens with zero attached hydrogens (tertiary/aromatic N) is 3. The number of halogens is 1. The van der Waals surface area contributed by atoms with Gasteiger partial charge >= 0.3 is 0 Å². The fourth-order valence-corrected chi connectivity index (χ4v) is 2.56. The topological polar surface area (TPSA) is 50.9 Å². The predicted octanol–water partition coefficient (Wildman–Crippen LogP) is 2.99. The van der Waals surface area contributed by atoms with Crippen LogP contribution < -0.4 is 0 Å². The lowest BCUT2D eigenvalue weighted by Crippen LogP contribution is -2.00. The molecular formula is C16H14FN3O. The van der Waals surface area contributed by atoms with Gasteiger partial charge in [0.25, 0.3) is 0 Å². The highest BCUT2D eigenvalue weighted by Gasteiger charge is 2.26. The summed E-state index contributed by atoms with van der Waals surface area (Å²) < 4.78 is 14.9. The van der Waals surface area contributed by atoms with Gasteiger partial charge in [-0.25, -0.2) is 9.07 Å². The third-order valence-electron chi connectivity index (χ3n) is 3.89. The second-order valence-electron chi connectivity index (χ2n) is 5.47. The van der Waals surface area contributed by atoms with Crippen LogP contribution in [0.3, 0.4) is 0 Å². The molecule has 106 valence electrons. The van der Waals surface area contributed by atoms with Crippen molar-refractivity contribution < 1.29 is 9.50 Å². The minimum absolute atomic E-state index is 0.311. The standard InChI is InChI=1S/C16H14FN3O/c17-12-4-1-10(2-5-12)16(21)11-3-8-15-14(9-11)18-19-20(15)13-6-7-13/h1-5,8-9,13,16,21H,6-7H2. The Balaban J connectivity index is 1.71. The first-order chi connectivity index (χ1) is 10.2. The molecule has 2 aromatic carbocycles. The summed E-state index contributed by atoms with van der Waals surface area (Å²) >= 11 is 0. The zero-order valence-corrected chi connectivity index (χ0v) is 11.3. The first kappa shape index (κ1) is 12.5. The molecule has 1 aromatic heterocycles. The number of fused-ring (bicyclic) bond motifs is 1. The Morgan fingerprint density at radius 3 is 2.52 bits per heavy atom. The van der Waals surface area contributed by atoms with Crippen molar-refractivity contribution in [3.8, 4) is 0 Å². The molecule has 0 saturated heterocycles. The SMILES string of the molecule is OC(c1ccc(F)cc1)c1ccc2c(c1)nnn2C1CC1. The molecule has 0 aliphatic heterocycles. The van der Waals surface area contributed by atoms with E-state index >= 15 is 0 Å². The van der Waals surface area contributed by atoms with Crippen LogP contribution in [0.1, 0.15) is 36.1 Å². The third kappa shape index (κ3) is 2.19. The third-order valence-corrected chi connectivity index (χ3v) is 3.89. The van der Waals surface area contributed by atoms with E-state index in [1.165, 1.54) is 12.1 Å². The molecule has 1 fully saturated rings. The second kappa shape index (κ2) is 4.63. The van der Waals surface area contributed by atoms with Crippen LogP contribution >= 0.6 is 0 Å². The molecule has 1 saturated carbocycles. The van der Waals surface area contributed by atoms with Gasteiger partial charge in [-0.2, -0.15) is 0 Å². The fraction of sp³-hybridized carbons (Fsp3) is 0.250. The highest BCUT2D eigenvalue weighted by Crippen LogP contribution is 2.36. The molecule has 5 heteroatoms. The van der Waals surface area contributed by atoms with Gasteiger partial charge < -0.3 is 5.11 Å². The Morgan fingerprint density at radius 1 is 1.10 bits per heavy atom. The lowest BCUT2D eigenvalue weighted by atomic mass is 10.0. The van der Waals surface area contributed by atoms with Crippen LogP contribution in [0.15, 0.2) is 42.5 Å². The molecule has 1 aliphatic rings. The summed E-state index contributed by atoms with van der Waals surface area (Å²) in [6.45, 7) is 0. The van der Waals surface area contributed by atoms with Crippen LogP contribution in [-0.2, 0) is 0 Å². The van der Waals surface area contributed by atoms with Gasteiger partial charge in [-0.1, -0.05) is 23.4 Å². The van der Waals surface area contributed by atoms with Crippen LogP contribution in [0.2, 0.25) is 0 Å². The molecule has 4 nitrogen and oxygen atoms in total. The van der Waals surface area contributed by atoms with Crippen molar-refractivity contribution in [3.63, 3.8) is 0 Å². The summed E-state index contributed by atoms with van der Waals surface area (Å²) in [4.78, 5) is 0. The number of hydrogen-bond donors (Lipinski definition) is 1. The van der Waals surface area contributed by atoms with E-state index in [1.54, 1.807) is 12.1 Å². The zero-order chi connectivity index (χ0) is 14.4. The average molecular weight is 283 g/mol. The first-order valence-electron chi connectivity index (χ1n) is 7.01. The Kier molecular flexibility index (Phi) is 2.75. The van der Waals surface area contributed by atoms with Crippen molar-refractivity contribution >= 4 is 11.0 Å². The van der Waals surface area contributed by atoms with Gasteiger partial charge in [0.2, 0.25) is 0 Å². The number of hydrogen-bond acceptors (Lipinski definition) is 3. The van der Waals surface area contributed by atoms with E-state index in [-0.39, 0.29) is 5.82 Å². The van der Waals surface area contributed by atoms with Crippen molar-refractivity contribution in [1.29, 1.82) is 0 Å². The van der Waals surface area contributed by atoms with Crippen LogP contribution in [0, 0.1) is 5.82 Å². The Morgan fingerprint density at radius 2 is 1.81 bits per heavy atom. The molecule has 1 aliphatic carbocycles. The van der Waals surface area contributed by atoms with Gasteiger partial charge in [0.05, 0.1) is 11.6 Å². The van der Waals surface area contributed by atoms with Crippen molar-refractivity contribution in [2.24, 2.45) is 0 Å². The van der Waals surface area contributed by atoms with Crippen molar-refractivity contribution in [2.45, 2.75) is 25.0 Å². The fourth-order valence-electron chi connectivity index (χ4n) is 2.56. The van der Waals surface area contributed by atoms with E-state index in [2.05, 4.69) is 10.3 Å². The highest BCUT2D eigenvalue weighted by molar-refractivity contribution is 5.75. The molecule has 0 bridgehead atoms. The molecular weight excluding hydrogens is 269 g/mol. The Bertz CT molecular complexity index is 793. The first-order valence-corrected chi connectivity index (χ1v) is 7.01. The summed E-state index contributed by atoms with van der Waals surface area (Å²) in [5.74, 6) is -0.311. The van der Waals surface area contributed by atoms with Crippen LogP contribution in [0.25, 0.3) is 11.0 Å². The van der Waals surface area contributed by atoms with Gasteiger partial charge in [0, 0.05) is 0 Å². The molecule has 1 unspecified atom stereocenters. The van der Waals surface area contributed by atoms with E-state index in [1.807, 2.05) is 22.9 Å². The Labute approximate surface area is 120 Å². The minimum atomic E-state index is -0.791. The van der Waals surface area contributed by atoms with E-state index in [0.717, 1.165) is 29.4 Å². The summed E-state index contributed by atoms with van der Waals surface area (Å²) in [5.41, 5.74) is 3.16. The summed E-state index contributed by atoms with van der Waals surface area (Å²) in [5, 5.41) is 18.7. The molecule has 0 amide bonds. The lowest BCUT2D eigenvalue weighted by molar-refractivity contribution is 0.220. The maximum Gasteiger partial charge on any atom is 0.123 e. The van der Waals surface area contributed by atoms with Crippen molar-refractivity contribution in [2.75, 3.05) is 0 Å². The molecule has 1 heterocycles. The molecule has 0 spiro atoms. The molecule has 1 atom stereocenters. The number of aliphatic hydroxyl groups excluding tert-OH is 1. The van der Waals surface area contributed by atoms with Gasteiger partial charge in [0.15, 0.2) is 0 Å². The number of aliphatic hydroxyl groups is 1. The van der Waals surface area contributed by atoms with Gasteiger partial charge in [-0.3, -0.25) is 0 Å². The predicted molar refractivity (Wildman–Crippen MR) is 76.3 cm³/mol. The number of aromatic nitrogens is 3. The van der Waals surface area contributed by atoms with E-state index < -0.39 is 6.10 Å². The van der Waals surface area contributed by atoms with Crippen LogP contribution in [-0.4, -0.2) is 20.1 Å². The molecule has 4 rings (SSSR count). The van der Waals surface area contributed by atoms with E-state index in [9.17, 15) is 9.50 Å². The van der Waals surface area contributed by atoms with Crippen molar-refractivity contribution in [1.82, 2.24) is 15.0 Å². The molecule has 1 N–H and O–H groups in total. The molecule has 0 radical (unpaired) electrons. The number of benzene rings is 2. The van der Waals surface area contributed by atoms with Crippen LogP contribution in [0.5, 0.6) is 0 Å². The molecule has 21 heavy (non-hydrogen) atoms. The zero-order valence-electron chi connectivity index (χ0n) is 11.3. The van der Waals surface area contributed by atoms with E-state index in [0.29, 0.717) is 11.6 Å². The summed E-state index contributed by atoms with van der Waals surface area (Å²) in [6.07, 6.45) is 1.51. The average Bonchev–Trinajstić information content (AvgIpc) is 3.26. The smallest absolute Gasteiger partial charge is 0.123 e. The second-order valence-corrected chi connectivity index (χ2v) is 5.47. The molecule has 3 aromatic rings. The maximum atomic E-state index is 12.9. The maximum absolute atomic E-state index is 12.9. The minimum Gasteiger partial charge on any atom is -0.384 e. The van der Waals surface area contributed by atoms with Crippen LogP contribution in [0.4, 0.5) is 4.39 Å². The Hall–Kier alpha value is -2.27. The number of rotatable bonds is 3. The van der Waals surface area contributed by atoms with E-state index in [4.69, 9.17) is 0 Å².